The fourth-order valence-corrected chi connectivity index (χ4v) is 2.87. The summed E-state index contributed by atoms with van der Waals surface area (Å²) >= 11 is 0. The van der Waals surface area contributed by atoms with Gasteiger partial charge in [-0.2, -0.15) is 0 Å². The average molecular weight is 329 g/mol. The number of carbonyl (C=O) groups is 2. The summed E-state index contributed by atoms with van der Waals surface area (Å²) < 4.78 is 30.0. The first kappa shape index (κ1) is 18.1. The lowest BCUT2D eigenvalue weighted by atomic mass is 10.1. The Morgan fingerprint density at radius 2 is 1.82 bits per heavy atom. The van der Waals surface area contributed by atoms with Crippen LogP contribution in [-0.2, 0) is 25.3 Å². The van der Waals surface area contributed by atoms with Crippen molar-refractivity contribution in [3.63, 3.8) is 0 Å². The Hall–Kier alpha value is -1.93. The quantitative estimate of drug-likeness (QED) is 0.717. The maximum absolute atomic E-state index is 12.1. The number of hydrogen-bond acceptors (Lipinski definition) is 5. The van der Waals surface area contributed by atoms with Gasteiger partial charge in [0.1, 0.15) is 0 Å². The van der Waals surface area contributed by atoms with Crippen LogP contribution in [0.15, 0.2) is 24.3 Å². The number of rotatable bonds is 8. The number of esters is 1. The van der Waals surface area contributed by atoms with Gasteiger partial charge in [-0.15, -0.1) is 0 Å². The fraction of sp³-hybridized carbons (Fsp3) is 0.429. The van der Waals surface area contributed by atoms with Crippen LogP contribution in [0.3, 0.4) is 0 Å². The van der Waals surface area contributed by atoms with Crippen molar-refractivity contribution in [2.75, 3.05) is 20.2 Å². The summed E-state index contributed by atoms with van der Waals surface area (Å²) in [5.74, 6) is -1.78. The van der Waals surface area contributed by atoms with E-state index in [-0.39, 0.29) is 25.3 Å². The van der Waals surface area contributed by atoms with E-state index in [1.807, 2.05) is 0 Å². The number of carboxylic acid groups (broad SMARTS) is 1. The van der Waals surface area contributed by atoms with Crippen LogP contribution in [-0.4, -0.2) is 50.0 Å². The summed E-state index contributed by atoms with van der Waals surface area (Å²) in [6, 6.07) is 6.07. The molecule has 1 rings (SSSR count). The van der Waals surface area contributed by atoms with Crippen LogP contribution in [0.5, 0.6) is 0 Å². The summed E-state index contributed by atoms with van der Waals surface area (Å²) in [7, 11) is -2.26. The van der Waals surface area contributed by atoms with Gasteiger partial charge in [0.15, 0.2) is 0 Å². The van der Waals surface area contributed by atoms with Gasteiger partial charge in [-0.25, -0.2) is 17.5 Å². The van der Waals surface area contributed by atoms with Crippen molar-refractivity contribution in [1.29, 1.82) is 0 Å². The first-order chi connectivity index (χ1) is 10.3. The topological polar surface area (TPSA) is 101 Å². The third-order valence-electron chi connectivity index (χ3n) is 2.93. The number of carboxylic acids is 1. The number of hydrogen-bond donors (Lipinski definition) is 1. The first-order valence-corrected chi connectivity index (χ1v) is 8.29. The molecular formula is C14H19NO6S. The van der Waals surface area contributed by atoms with Gasteiger partial charge in [0.2, 0.25) is 10.0 Å². The summed E-state index contributed by atoms with van der Waals surface area (Å²) in [4.78, 5) is 22.0. The SMILES string of the molecule is CCOC(=O)c1ccc(CS(=O)(=O)N(C)CCC(=O)O)cc1. The van der Waals surface area contributed by atoms with Crippen LogP contribution in [0.4, 0.5) is 0 Å². The minimum absolute atomic E-state index is 0.0847. The molecule has 0 aromatic heterocycles. The molecule has 0 amide bonds. The summed E-state index contributed by atoms with van der Waals surface area (Å²) in [5.41, 5.74) is 0.859. The van der Waals surface area contributed by atoms with Gasteiger partial charge in [-0.3, -0.25) is 4.79 Å². The van der Waals surface area contributed by atoms with E-state index in [0.717, 1.165) is 4.31 Å². The monoisotopic (exact) mass is 329 g/mol. The minimum atomic E-state index is -3.60. The predicted molar refractivity (Wildman–Crippen MR) is 79.9 cm³/mol. The number of benzene rings is 1. The van der Waals surface area contributed by atoms with Crippen LogP contribution >= 0.6 is 0 Å². The van der Waals surface area contributed by atoms with Gasteiger partial charge >= 0.3 is 11.9 Å². The summed E-state index contributed by atoms with van der Waals surface area (Å²) in [5, 5.41) is 8.58. The molecule has 7 nitrogen and oxygen atoms in total. The van der Waals surface area contributed by atoms with E-state index in [1.165, 1.54) is 31.3 Å². The minimum Gasteiger partial charge on any atom is -0.481 e. The Morgan fingerprint density at radius 3 is 2.32 bits per heavy atom. The van der Waals surface area contributed by atoms with Gasteiger partial charge in [0.25, 0.3) is 0 Å². The summed E-state index contributed by atoms with van der Waals surface area (Å²) in [6.07, 6.45) is -0.252. The maximum Gasteiger partial charge on any atom is 0.338 e. The molecule has 1 aromatic rings. The van der Waals surface area contributed by atoms with Crippen LogP contribution in [0.25, 0.3) is 0 Å². The number of sulfonamides is 1. The second-order valence-electron chi connectivity index (χ2n) is 4.64. The van der Waals surface area contributed by atoms with Gasteiger partial charge in [-0.1, -0.05) is 12.1 Å². The maximum atomic E-state index is 12.1. The number of carbonyl (C=O) groups excluding carboxylic acids is 1. The molecule has 0 aliphatic carbocycles. The molecule has 1 aromatic carbocycles. The van der Waals surface area contributed by atoms with Crippen LogP contribution in [0.2, 0.25) is 0 Å². The largest absolute Gasteiger partial charge is 0.481 e. The van der Waals surface area contributed by atoms with Crippen molar-refractivity contribution >= 4 is 22.0 Å². The molecule has 22 heavy (non-hydrogen) atoms. The zero-order valence-electron chi connectivity index (χ0n) is 12.5. The number of aliphatic carboxylic acids is 1. The smallest absolute Gasteiger partial charge is 0.338 e. The zero-order chi connectivity index (χ0) is 16.8. The molecule has 0 heterocycles. The second kappa shape index (κ2) is 7.90. The lowest BCUT2D eigenvalue weighted by molar-refractivity contribution is -0.137. The Bertz CT molecular complexity index is 623. The molecule has 0 atom stereocenters. The standard InChI is InChI=1S/C14H19NO6S/c1-3-21-14(18)12-6-4-11(5-7-12)10-22(19,20)15(2)9-8-13(16)17/h4-7H,3,8-10H2,1-2H3,(H,16,17). The second-order valence-corrected chi connectivity index (χ2v) is 6.71. The van der Waals surface area contributed by atoms with Crippen LogP contribution in [0.1, 0.15) is 29.3 Å². The highest BCUT2D eigenvalue weighted by Crippen LogP contribution is 2.12. The van der Waals surface area contributed by atoms with Crippen LogP contribution in [0, 0.1) is 0 Å². The van der Waals surface area contributed by atoms with Crippen molar-refractivity contribution in [2.45, 2.75) is 19.1 Å². The van der Waals surface area contributed by atoms with Crippen LogP contribution < -0.4 is 0 Å². The Morgan fingerprint density at radius 1 is 1.23 bits per heavy atom. The zero-order valence-corrected chi connectivity index (χ0v) is 13.3. The van der Waals surface area contributed by atoms with E-state index < -0.39 is 22.0 Å². The molecule has 122 valence electrons. The molecule has 1 N–H and O–H groups in total. The van der Waals surface area contributed by atoms with Gasteiger partial charge in [-0.05, 0) is 24.6 Å². The number of nitrogens with zero attached hydrogens (tertiary/aromatic N) is 1. The lowest BCUT2D eigenvalue weighted by Crippen LogP contribution is -2.30. The van der Waals surface area contributed by atoms with E-state index in [0.29, 0.717) is 11.1 Å². The molecule has 0 saturated carbocycles. The Kier molecular flexibility index (Phi) is 6.51. The van der Waals surface area contributed by atoms with E-state index in [2.05, 4.69) is 0 Å². The normalized spacial score (nSPS) is 11.4. The van der Waals surface area contributed by atoms with E-state index in [1.54, 1.807) is 6.92 Å². The first-order valence-electron chi connectivity index (χ1n) is 6.68. The Labute approximate surface area is 129 Å². The van der Waals surface area contributed by atoms with Crippen molar-refractivity contribution < 1.29 is 27.9 Å². The Balaban J connectivity index is 2.73. The molecule has 0 bridgehead atoms. The highest BCUT2D eigenvalue weighted by molar-refractivity contribution is 7.88. The predicted octanol–water partition coefficient (Wildman–Crippen LogP) is 1.10. The molecule has 0 aliphatic rings. The van der Waals surface area contributed by atoms with E-state index in [4.69, 9.17) is 9.84 Å². The van der Waals surface area contributed by atoms with E-state index in [9.17, 15) is 18.0 Å². The molecule has 0 saturated heterocycles. The third-order valence-corrected chi connectivity index (χ3v) is 4.76. The van der Waals surface area contributed by atoms with Gasteiger partial charge < -0.3 is 9.84 Å². The molecule has 0 radical (unpaired) electrons. The van der Waals surface area contributed by atoms with E-state index >= 15 is 0 Å². The van der Waals surface area contributed by atoms with Crippen molar-refractivity contribution in [1.82, 2.24) is 4.31 Å². The highest BCUT2D eigenvalue weighted by Gasteiger charge is 2.19. The fourth-order valence-electron chi connectivity index (χ4n) is 1.66. The van der Waals surface area contributed by atoms with Gasteiger partial charge in [0.05, 0.1) is 24.3 Å². The molecule has 8 heteroatoms. The molecule has 0 fully saturated rings. The van der Waals surface area contributed by atoms with Crippen molar-refractivity contribution in [2.24, 2.45) is 0 Å². The molecule has 0 aliphatic heterocycles. The van der Waals surface area contributed by atoms with Crippen molar-refractivity contribution in [3.8, 4) is 0 Å². The molecule has 0 spiro atoms. The lowest BCUT2D eigenvalue weighted by Gasteiger charge is -2.16. The highest BCUT2D eigenvalue weighted by atomic mass is 32.2. The van der Waals surface area contributed by atoms with Crippen molar-refractivity contribution in [3.05, 3.63) is 35.4 Å². The summed E-state index contributed by atoms with van der Waals surface area (Å²) in [6.45, 7) is 1.88. The molecular weight excluding hydrogens is 310 g/mol. The molecule has 0 unspecified atom stereocenters. The number of ether oxygens (including phenoxy) is 1. The third kappa shape index (κ3) is 5.45. The average Bonchev–Trinajstić information content (AvgIpc) is 2.45. The van der Waals surface area contributed by atoms with Gasteiger partial charge in [0, 0.05) is 13.6 Å².